The molecule has 59 heavy (non-hydrogen) atoms. The third-order valence-corrected chi connectivity index (χ3v) is 11.2. The maximum absolute atomic E-state index is 12.6. The molecule has 0 aromatic carbocycles. The maximum Gasteiger partial charge on any atom is 0.472 e. The van der Waals surface area contributed by atoms with Crippen LogP contribution in [0.1, 0.15) is 219 Å². The van der Waals surface area contributed by atoms with E-state index in [0.717, 1.165) is 32.1 Å². The van der Waals surface area contributed by atoms with E-state index in [2.05, 4.69) is 44.2 Å². The number of ether oxygens (including phenoxy) is 2. The minimum atomic E-state index is -4.63. The molecule has 0 amide bonds. The van der Waals surface area contributed by atoms with Crippen LogP contribution in [0.3, 0.4) is 0 Å². The summed E-state index contributed by atoms with van der Waals surface area (Å²) in [6.45, 7) is 2.35. The Hall–Kier alpha value is -1.81. The van der Waals surface area contributed by atoms with Crippen LogP contribution in [0.2, 0.25) is 0 Å². The molecule has 0 heterocycles. The fourth-order valence-corrected chi connectivity index (χ4v) is 7.35. The Labute approximate surface area is 361 Å². The van der Waals surface area contributed by atoms with Crippen LogP contribution in [0.15, 0.2) is 36.5 Å². The fraction of sp³-hybridized carbons (Fsp3) is 0.833. The molecule has 0 bridgehead atoms. The number of phosphoric acid groups is 1. The number of hydrogen-bond donors (Lipinski definition) is 3. The van der Waals surface area contributed by atoms with Gasteiger partial charge in [-0.2, -0.15) is 0 Å². The van der Waals surface area contributed by atoms with Crippen molar-refractivity contribution in [3.8, 4) is 0 Å². The summed E-state index contributed by atoms with van der Waals surface area (Å²) in [6.07, 6.45) is 46.9. The monoisotopic (exact) mass is 857 g/mol. The average molecular weight is 857 g/mol. The zero-order chi connectivity index (χ0) is 43.3. The van der Waals surface area contributed by atoms with Gasteiger partial charge in [0.15, 0.2) is 6.10 Å². The summed E-state index contributed by atoms with van der Waals surface area (Å²) in [5.41, 5.74) is 0. The molecule has 3 atom stereocenters. The normalized spacial score (nSPS) is 14.1. The van der Waals surface area contributed by atoms with Crippen molar-refractivity contribution in [3.63, 3.8) is 0 Å². The van der Waals surface area contributed by atoms with E-state index in [1.807, 2.05) is 6.08 Å². The number of allylic oxidation sites excluding steroid dienone is 6. The summed E-state index contributed by atoms with van der Waals surface area (Å²) in [5, 5.41) is 18.4. The lowest BCUT2D eigenvalue weighted by Crippen LogP contribution is -2.29. The SMILES string of the molecule is CCCCCCCC/C=C/CCCCCCCCCCCC(=O)OC[C@H](COP(=O)(O)OC[C@@H](O)CO)OC(=O)CCC/C=C/C/C=C/CCCCCCCCCCC. The molecule has 1 unspecified atom stereocenters. The standard InChI is InChI=1S/C48H89O10P/c1-3-5-7-9-11-13-15-17-19-21-22-24-25-27-29-31-33-35-37-39-47(51)55-43-46(44-57-59(53,54)56-42-45(50)41-49)58-48(52)40-38-36-34-32-30-28-26-23-20-18-16-14-12-10-8-6-4-2/h17,19,26,28,32,34,45-46,49-50H,3-16,18,20-25,27,29-31,33,35-44H2,1-2H3,(H,53,54)/b19-17+,28-26+,34-32+/t45-,46+/m0/s1. The Morgan fingerprint density at radius 2 is 0.898 bits per heavy atom. The minimum absolute atomic E-state index is 0.121. The fourth-order valence-electron chi connectivity index (χ4n) is 6.56. The van der Waals surface area contributed by atoms with Gasteiger partial charge in [-0.05, 0) is 64.2 Å². The molecular weight excluding hydrogens is 767 g/mol. The van der Waals surface area contributed by atoms with Gasteiger partial charge in [-0.15, -0.1) is 0 Å². The van der Waals surface area contributed by atoms with E-state index in [4.69, 9.17) is 23.6 Å². The lowest BCUT2D eigenvalue weighted by atomic mass is 10.1. The van der Waals surface area contributed by atoms with E-state index in [-0.39, 0.29) is 19.4 Å². The van der Waals surface area contributed by atoms with Crippen LogP contribution in [0.4, 0.5) is 0 Å². The maximum atomic E-state index is 12.6. The molecule has 346 valence electrons. The highest BCUT2D eigenvalue weighted by atomic mass is 31.2. The molecule has 0 aromatic heterocycles. The minimum Gasteiger partial charge on any atom is -0.462 e. The molecule has 11 heteroatoms. The Morgan fingerprint density at radius 3 is 1.37 bits per heavy atom. The molecule has 10 nitrogen and oxygen atoms in total. The molecule has 3 N–H and O–H groups in total. The number of phosphoric ester groups is 1. The highest BCUT2D eigenvalue weighted by Crippen LogP contribution is 2.43. The smallest absolute Gasteiger partial charge is 0.462 e. The van der Waals surface area contributed by atoms with Gasteiger partial charge in [0.05, 0.1) is 19.8 Å². The lowest BCUT2D eigenvalue weighted by Gasteiger charge is -2.20. The van der Waals surface area contributed by atoms with Crippen LogP contribution in [-0.2, 0) is 32.7 Å². The van der Waals surface area contributed by atoms with Gasteiger partial charge >= 0.3 is 19.8 Å². The van der Waals surface area contributed by atoms with Gasteiger partial charge < -0.3 is 24.6 Å². The number of carbonyl (C=O) groups is 2. The Bertz CT molecular complexity index is 1080. The van der Waals surface area contributed by atoms with Gasteiger partial charge in [0.25, 0.3) is 0 Å². The van der Waals surface area contributed by atoms with Crippen molar-refractivity contribution < 1.29 is 47.8 Å². The van der Waals surface area contributed by atoms with Crippen molar-refractivity contribution in [1.82, 2.24) is 0 Å². The van der Waals surface area contributed by atoms with E-state index >= 15 is 0 Å². The van der Waals surface area contributed by atoms with Gasteiger partial charge in [0.2, 0.25) is 0 Å². The number of hydrogen-bond acceptors (Lipinski definition) is 9. The zero-order valence-electron chi connectivity index (χ0n) is 37.7. The second-order valence-electron chi connectivity index (χ2n) is 16.1. The van der Waals surface area contributed by atoms with E-state index in [1.165, 1.54) is 141 Å². The Kier molecular flexibility index (Phi) is 42.9. The number of esters is 2. The van der Waals surface area contributed by atoms with Crippen molar-refractivity contribution in [2.75, 3.05) is 26.4 Å². The van der Waals surface area contributed by atoms with Gasteiger partial charge in [-0.3, -0.25) is 18.6 Å². The first-order valence-corrected chi connectivity index (χ1v) is 25.4. The zero-order valence-corrected chi connectivity index (χ0v) is 38.6. The summed E-state index contributed by atoms with van der Waals surface area (Å²) in [4.78, 5) is 35.1. The van der Waals surface area contributed by atoms with Crippen LogP contribution in [0, 0.1) is 0 Å². The first kappa shape index (κ1) is 57.2. The summed E-state index contributed by atoms with van der Waals surface area (Å²) in [7, 11) is -4.63. The number of carbonyl (C=O) groups excluding carboxylic acids is 2. The molecule has 0 saturated heterocycles. The summed E-state index contributed by atoms with van der Waals surface area (Å²) in [5.74, 6) is -0.974. The van der Waals surface area contributed by atoms with Gasteiger partial charge in [-0.25, -0.2) is 4.57 Å². The third kappa shape index (κ3) is 44.1. The van der Waals surface area contributed by atoms with Gasteiger partial charge in [0.1, 0.15) is 12.7 Å². The molecule has 0 aromatic rings. The van der Waals surface area contributed by atoms with Crippen molar-refractivity contribution in [2.45, 2.75) is 232 Å². The van der Waals surface area contributed by atoms with E-state index in [1.54, 1.807) is 0 Å². The quantitative estimate of drug-likeness (QED) is 0.0234. The van der Waals surface area contributed by atoms with Crippen LogP contribution >= 0.6 is 7.82 Å². The predicted octanol–water partition coefficient (Wildman–Crippen LogP) is 13.1. The van der Waals surface area contributed by atoms with Gasteiger partial charge in [-0.1, -0.05) is 179 Å². The van der Waals surface area contributed by atoms with E-state index in [9.17, 15) is 24.2 Å². The summed E-state index contributed by atoms with van der Waals surface area (Å²) < 4.78 is 32.7. The van der Waals surface area contributed by atoms with Crippen LogP contribution in [0.5, 0.6) is 0 Å². The second kappa shape index (κ2) is 44.3. The first-order chi connectivity index (χ1) is 28.7. The first-order valence-electron chi connectivity index (χ1n) is 23.9. The van der Waals surface area contributed by atoms with Crippen molar-refractivity contribution >= 4 is 19.8 Å². The lowest BCUT2D eigenvalue weighted by molar-refractivity contribution is -0.161. The molecule has 0 aliphatic carbocycles. The number of aliphatic hydroxyl groups excluding tert-OH is 2. The predicted molar refractivity (Wildman–Crippen MR) is 242 cm³/mol. The molecular formula is C48H89O10P. The molecule has 0 fully saturated rings. The molecule has 0 radical (unpaired) electrons. The summed E-state index contributed by atoms with van der Waals surface area (Å²) >= 11 is 0. The highest BCUT2D eigenvalue weighted by molar-refractivity contribution is 7.47. The topological polar surface area (TPSA) is 149 Å². The van der Waals surface area contributed by atoms with Crippen LogP contribution in [-0.4, -0.2) is 65.7 Å². The number of rotatable bonds is 45. The van der Waals surface area contributed by atoms with Crippen molar-refractivity contribution in [1.29, 1.82) is 0 Å². The second-order valence-corrected chi connectivity index (χ2v) is 17.6. The van der Waals surface area contributed by atoms with Crippen molar-refractivity contribution in [2.24, 2.45) is 0 Å². The molecule has 0 aliphatic rings. The number of aliphatic hydroxyl groups is 2. The molecule has 0 aliphatic heterocycles. The van der Waals surface area contributed by atoms with Crippen LogP contribution in [0.25, 0.3) is 0 Å². The van der Waals surface area contributed by atoms with E-state index < -0.39 is 51.8 Å². The highest BCUT2D eigenvalue weighted by Gasteiger charge is 2.27. The molecule has 0 saturated carbocycles. The Balaban J connectivity index is 4.28. The van der Waals surface area contributed by atoms with Crippen LogP contribution < -0.4 is 0 Å². The van der Waals surface area contributed by atoms with E-state index in [0.29, 0.717) is 19.3 Å². The summed E-state index contributed by atoms with van der Waals surface area (Å²) in [6, 6.07) is 0. The average Bonchev–Trinajstić information content (AvgIpc) is 3.22. The van der Waals surface area contributed by atoms with Gasteiger partial charge in [0, 0.05) is 12.8 Å². The van der Waals surface area contributed by atoms with Crippen molar-refractivity contribution in [3.05, 3.63) is 36.5 Å². The third-order valence-electron chi connectivity index (χ3n) is 10.3. The Morgan fingerprint density at radius 1 is 0.508 bits per heavy atom. The number of unbranched alkanes of at least 4 members (excludes halogenated alkanes) is 25. The molecule has 0 spiro atoms. The largest absolute Gasteiger partial charge is 0.472 e. The molecule has 0 rings (SSSR count).